The van der Waals surface area contributed by atoms with Crippen LogP contribution >= 0.6 is 12.2 Å². The lowest BCUT2D eigenvalue weighted by molar-refractivity contribution is -0.0718. The van der Waals surface area contributed by atoms with E-state index >= 15 is 0 Å². The summed E-state index contributed by atoms with van der Waals surface area (Å²) >= 11 is 4.66. The molecule has 0 rings (SSSR count). The Morgan fingerprint density at radius 1 is 1.33 bits per heavy atom. The third-order valence-electron chi connectivity index (χ3n) is 2.97. The first-order chi connectivity index (χ1) is 7.06. The van der Waals surface area contributed by atoms with Crippen LogP contribution in [0.5, 0.6) is 0 Å². The molecule has 0 aromatic rings. The van der Waals surface area contributed by atoms with E-state index in [-0.39, 0.29) is 5.60 Å². The maximum atomic E-state index is 5.90. The molecule has 0 bridgehead atoms. The second-order valence-electron chi connectivity index (χ2n) is 4.26. The standard InChI is InChI=1S/C12H24O2S/c1-5-12(4,11(2)3)14-8-6-7-13-9-10-15/h10-11H,5-9H2,1-4H3. The van der Waals surface area contributed by atoms with Crippen molar-refractivity contribution in [3.8, 4) is 0 Å². The number of rotatable bonds is 9. The fraction of sp³-hybridized carbons (Fsp3) is 0.917. The Kier molecular flexibility index (Phi) is 8.20. The van der Waals surface area contributed by atoms with Gasteiger partial charge in [0.25, 0.3) is 0 Å². The molecule has 2 nitrogen and oxygen atoms in total. The van der Waals surface area contributed by atoms with Gasteiger partial charge in [-0.2, -0.15) is 0 Å². The average molecular weight is 232 g/mol. The molecule has 0 aliphatic carbocycles. The summed E-state index contributed by atoms with van der Waals surface area (Å²) in [5.74, 6) is 0.546. The maximum Gasteiger partial charge on any atom is 0.0749 e. The molecule has 0 saturated carbocycles. The van der Waals surface area contributed by atoms with E-state index in [1.165, 1.54) is 0 Å². The van der Waals surface area contributed by atoms with Gasteiger partial charge in [0.05, 0.1) is 12.2 Å². The maximum absolute atomic E-state index is 5.90. The van der Waals surface area contributed by atoms with Crippen LogP contribution in [0, 0.1) is 5.92 Å². The first-order valence-corrected chi connectivity index (χ1v) is 6.19. The highest BCUT2D eigenvalue weighted by molar-refractivity contribution is 7.79. The summed E-state index contributed by atoms with van der Waals surface area (Å²) < 4.78 is 11.2. The van der Waals surface area contributed by atoms with Gasteiger partial charge in [0.2, 0.25) is 0 Å². The van der Waals surface area contributed by atoms with Gasteiger partial charge in [0.15, 0.2) is 0 Å². The molecular weight excluding hydrogens is 208 g/mol. The lowest BCUT2D eigenvalue weighted by atomic mass is 9.90. The lowest BCUT2D eigenvalue weighted by Crippen LogP contribution is -2.34. The van der Waals surface area contributed by atoms with Gasteiger partial charge < -0.3 is 9.47 Å². The molecule has 15 heavy (non-hydrogen) atoms. The second-order valence-corrected chi connectivity index (χ2v) is 4.60. The molecule has 0 aliphatic rings. The lowest BCUT2D eigenvalue weighted by Gasteiger charge is -2.32. The molecule has 0 aromatic carbocycles. The van der Waals surface area contributed by atoms with Crippen molar-refractivity contribution in [2.24, 2.45) is 5.92 Å². The van der Waals surface area contributed by atoms with Crippen molar-refractivity contribution in [1.82, 2.24) is 0 Å². The zero-order valence-corrected chi connectivity index (χ0v) is 11.2. The third kappa shape index (κ3) is 6.23. The van der Waals surface area contributed by atoms with Crippen LogP contribution in [0.2, 0.25) is 0 Å². The summed E-state index contributed by atoms with van der Waals surface area (Å²) in [6.07, 6.45) is 1.98. The van der Waals surface area contributed by atoms with Gasteiger partial charge in [-0.3, -0.25) is 0 Å². The van der Waals surface area contributed by atoms with Crippen LogP contribution in [0.1, 0.15) is 40.5 Å². The van der Waals surface area contributed by atoms with Crippen LogP contribution in [-0.4, -0.2) is 30.8 Å². The summed E-state index contributed by atoms with van der Waals surface area (Å²) in [4.78, 5) is 0. The van der Waals surface area contributed by atoms with Gasteiger partial charge in [-0.25, -0.2) is 0 Å². The van der Waals surface area contributed by atoms with Crippen molar-refractivity contribution in [3.05, 3.63) is 0 Å². The van der Waals surface area contributed by atoms with Gasteiger partial charge in [-0.15, -0.1) is 0 Å². The Balaban J connectivity index is 3.59. The largest absolute Gasteiger partial charge is 0.376 e. The van der Waals surface area contributed by atoms with Gasteiger partial charge in [-0.1, -0.05) is 33.0 Å². The number of thiocarbonyl (C=S) groups is 1. The monoisotopic (exact) mass is 232 g/mol. The smallest absolute Gasteiger partial charge is 0.0749 e. The van der Waals surface area contributed by atoms with Gasteiger partial charge in [-0.05, 0) is 25.7 Å². The Morgan fingerprint density at radius 2 is 2.00 bits per heavy atom. The van der Waals surface area contributed by atoms with E-state index in [1.54, 1.807) is 5.37 Å². The summed E-state index contributed by atoms with van der Waals surface area (Å²) in [6, 6.07) is 0. The fourth-order valence-electron chi connectivity index (χ4n) is 1.27. The molecule has 0 amide bonds. The van der Waals surface area contributed by atoms with E-state index in [2.05, 4.69) is 39.9 Å². The predicted octanol–water partition coefficient (Wildman–Crippen LogP) is 3.23. The van der Waals surface area contributed by atoms with Gasteiger partial charge in [0, 0.05) is 18.6 Å². The van der Waals surface area contributed by atoms with Crippen molar-refractivity contribution >= 4 is 17.6 Å². The molecule has 0 radical (unpaired) electrons. The molecular formula is C12H24O2S. The van der Waals surface area contributed by atoms with E-state index < -0.39 is 0 Å². The van der Waals surface area contributed by atoms with E-state index in [0.29, 0.717) is 12.5 Å². The van der Waals surface area contributed by atoms with Gasteiger partial charge >= 0.3 is 0 Å². The van der Waals surface area contributed by atoms with Crippen molar-refractivity contribution < 1.29 is 9.47 Å². The predicted molar refractivity (Wildman–Crippen MR) is 68.6 cm³/mol. The number of ether oxygens (including phenoxy) is 2. The SMILES string of the molecule is CCC(C)(OCCCOCC=S)C(C)C. The Bertz CT molecular complexity index is 171. The highest BCUT2D eigenvalue weighted by Gasteiger charge is 2.26. The van der Waals surface area contributed by atoms with Crippen molar-refractivity contribution in [2.45, 2.75) is 46.1 Å². The molecule has 0 N–H and O–H groups in total. The molecule has 0 saturated heterocycles. The van der Waals surface area contributed by atoms with Crippen LogP contribution < -0.4 is 0 Å². The van der Waals surface area contributed by atoms with Crippen LogP contribution in [-0.2, 0) is 9.47 Å². The van der Waals surface area contributed by atoms with Crippen LogP contribution in [0.25, 0.3) is 0 Å². The van der Waals surface area contributed by atoms with E-state index in [1.807, 2.05) is 0 Å². The van der Waals surface area contributed by atoms with Crippen molar-refractivity contribution in [2.75, 3.05) is 19.8 Å². The van der Waals surface area contributed by atoms with Crippen molar-refractivity contribution in [3.63, 3.8) is 0 Å². The zero-order chi connectivity index (χ0) is 11.7. The van der Waals surface area contributed by atoms with E-state index in [0.717, 1.165) is 26.1 Å². The highest BCUT2D eigenvalue weighted by Crippen LogP contribution is 2.24. The van der Waals surface area contributed by atoms with Crippen LogP contribution in [0.4, 0.5) is 0 Å². The topological polar surface area (TPSA) is 18.5 Å². The molecule has 0 aliphatic heterocycles. The normalized spacial score (nSPS) is 15.3. The van der Waals surface area contributed by atoms with E-state index in [4.69, 9.17) is 9.47 Å². The minimum absolute atomic E-state index is 0.00411. The van der Waals surface area contributed by atoms with Crippen LogP contribution in [0.15, 0.2) is 0 Å². The molecule has 1 atom stereocenters. The average Bonchev–Trinajstić information content (AvgIpc) is 2.22. The molecule has 3 heteroatoms. The number of hydrogen-bond acceptors (Lipinski definition) is 3. The van der Waals surface area contributed by atoms with Crippen LogP contribution in [0.3, 0.4) is 0 Å². The molecule has 1 unspecified atom stereocenters. The fourth-order valence-corrected chi connectivity index (χ4v) is 1.37. The Hall–Kier alpha value is 0.01000. The zero-order valence-electron chi connectivity index (χ0n) is 10.4. The molecule has 0 fully saturated rings. The molecule has 90 valence electrons. The summed E-state index contributed by atoms with van der Waals surface area (Å²) in [5, 5.41) is 1.60. The second kappa shape index (κ2) is 8.20. The molecule has 0 heterocycles. The quantitative estimate of drug-likeness (QED) is 0.449. The molecule has 0 aromatic heterocycles. The summed E-state index contributed by atoms with van der Waals surface area (Å²) in [5.41, 5.74) is 0.00411. The first kappa shape index (κ1) is 15.0. The molecule has 0 spiro atoms. The van der Waals surface area contributed by atoms with Crippen molar-refractivity contribution in [1.29, 1.82) is 0 Å². The first-order valence-electron chi connectivity index (χ1n) is 5.72. The number of hydrogen-bond donors (Lipinski definition) is 0. The summed E-state index contributed by atoms with van der Waals surface area (Å²) in [6.45, 7) is 10.8. The Labute approximate surface area is 99.3 Å². The third-order valence-corrected chi connectivity index (χ3v) is 3.11. The minimum atomic E-state index is 0.00411. The van der Waals surface area contributed by atoms with Gasteiger partial charge in [0.1, 0.15) is 0 Å². The highest BCUT2D eigenvalue weighted by atomic mass is 32.1. The Morgan fingerprint density at radius 3 is 2.47 bits per heavy atom. The summed E-state index contributed by atoms with van der Waals surface area (Å²) in [7, 11) is 0. The minimum Gasteiger partial charge on any atom is -0.376 e. The van der Waals surface area contributed by atoms with E-state index in [9.17, 15) is 0 Å².